The van der Waals surface area contributed by atoms with Gasteiger partial charge in [0.15, 0.2) is 5.96 Å². The number of aliphatic hydroxyl groups is 1. The number of rotatable bonds is 35. The molecule has 0 aliphatic carbocycles. The molecule has 1 saturated heterocycles. The predicted octanol–water partition coefficient (Wildman–Crippen LogP) is -6.14. The minimum atomic E-state index is -1.50. The van der Waals surface area contributed by atoms with E-state index >= 15 is 0 Å². The highest BCUT2D eigenvalue weighted by molar-refractivity contribution is 7.98. The molecule has 0 aromatic carbocycles. The van der Waals surface area contributed by atoms with Crippen LogP contribution in [0.3, 0.4) is 0 Å². The first-order valence-electron chi connectivity index (χ1n) is 25.5. The molecule has 12 amide bonds. The summed E-state index contributed by atoms with van der Waals surface area (Å²) in [5.41, 5.74) is 26.7. The molecule has 0 aromatic rings. The van der Waals surface area contributed by atoms with Crippen molar-refractivity contribution in [1.82, 2.24) is 52.8 Å². The SMILES string of the molecule is CC[C@H](C)[C@@H](NC(=O)[C@H](CC(C)C)NC(=O)CNC(=O)[C@H](CO)NC(=O)[C@H](C)NC(=O)CN)C(=O)N1CCC[C@@H]1C(=O)N[C@H](C(=O)N[C@@H](CCSC)C(=O)N[C@@H](CCCN=C(N)N)C(=O)N[C@@H](CC(N)=O)C(N)=O)C(C)C. The quantitative estimate of drug-likeness (QED) is 0.0160. The average Bonchev–Trinajstić information content (AvgIpc) is 3.86. The number of likely N-dealkylation sites (tertiary alicyclic amines) is 1. The van der Waals surface area contributed by atoms with Gasteiger partial charge in [0.2, 0.25) is 70.9 Å². The maximum absolute atomic E-state index is 14.5. The van der Waals surface area contributed by atoms with Gasteiger partial charge in [-0.05, 0) is 75.2 Å². The van der Waals surface area contributed by atoms with Gasteiger partial charge in [0, 0.05) is 13.1 Å². The van der Waals surface area contributed by atoms with Crippen molar-refractivity contribution < 1.29 is 62.6 Å². The molecule has 1 aliphatic heterocycles. The van der Waals surface area contributed by atoms with Crippen molar-refractivity contribution in [2.45, 2.75) is 154 Å². The molecule has 0 bridgehead atoms. The molecule has 30 heteroatoms. The normalized spacial score (nSPS) is 16.6. The van der Waals surface area contributed by atoms with Gasteiger partial charge >= 0.3 is 0 Å². The molecule has 1 fully saturated rings. The summed E-state index contributed by atoms with van der Waals surface area (Å²) in [5, 5.41) is 32.4. The van der Waals surface area contributed by atoms with E-state index in [9.17, 15) is 62.6 Å². The highest BCUT2D eigenvalue weighted by atomic mass is 32.2. The number of hydrogen-bond donors (Lipinski definition) is 15. The molecular weight excluding hydrogens is 1030 g/mol. The fourth-order valence-electron chi connectivity index (χ4n) is 7.81. The van der Waals surface area contributed by atoms with E-state index in [0.29, 0.717) is 18.6 Å². The fraction of sp³-hybridized carbons (Fsp3) is 0.723. The molecule has 0 radical (unpaired) electrons. The Balaban J connectivity index is 3.30. The summed E-state index contributed by atoms with van der Waals surface area (Å²) >= 11 is 1.37. The monoisotopic (exact) mass is 1110 g/mol. The van der Waals surface area contributed by atoms with E-state index in [1.165, 1.54) is 23.6 Å². The molecule has 436 valence electrons. The molecular formula is C47H84N16O13S. The zero-order valence-electron chi connectivity index (χ0n) is 45.4. The number of aliphatic imine (C=N–C) groups is 1. The molecule has 77 heavy (non-hydrogen) atoms. The van der Waals surface area contributed by atoms with E-state index < -0.39 is 157 Å². The number of nitrogens with zero attached hydrogens (tertiary/aromatic N) is 2. The van der Waals surface area contributed by atoms with E-state index in [-0.39, 0.29) is 63.6 Å². The van der Waals surface area contributed by atoms with Gasteiger partial charge in [-0.3, -0.25) is 62.5 Å². The van der Waals surface area contributed by atoms with E-state index in [2.05, 4.69) is 52.8 Å². The lowest BCUT2D eigenvalue weighted by molar-refractivity contribution is -0.144. The van der Waals surface area contributed by atoms with Crippen LogP contribution in [0.1, 0.15) is 99.8 Å². The number of carbonyl (C=O) groups excluding carboxylic acids is 12. The van der Waals surface area contributed by atoms with E-state index in [1.54, 1.807) is 47.8 Å². The number of thioether (sulfide) groups is 1. The van der Waals surface area contributed by atoms with E-state index in [4.69, 9.17) is 28.7 Å². The number of guanidine groups is 1. The summed E-state index contributed by atoms with van der Waals surface area (Å²) in [6, 6.07) is -11.4. The van der Waals surface area contributed by atoms with Crippen LogP contribution in [-0.2, 0) is 57.5 Å². The highest BCUT2D eigenvalue weighted by Crippen LogP contribution is 2.23. The molecule has 0 saturated carbocycles. The van der Waals surface area contributed by atoms with Crippen molar-refractivity contribution in [3.8, 4) is 0 Å². The second-order valence-electron chi connectivity index (χ2n) is 19.5. The van der Waals surface area contributed by atoms with Gasteiger partial charge in [-0.1, -0.05) is 48.0 Å². The Kier molecular flexibility index (Phi) is 30.8. The van der Waals surface area contributed by atoms with Crippen LogP contribution in [0.25, 0.3) is 0 Å². The van der Waals surface area contributed by atoms with Crippen LogP contribution < -0.4 is 76.5 Å². The molecule has 29 nitrogen and oxygen atoms in total. The summed E-state index contributed by atoms with van der Waals surface area (Å²) in [6.45, 7) is 10.1. The highest BCUT2D eigenvalue weighted by Gasteiger charge is 2.42. The molecule has 0 spiro atoms. The summed E-state index contributed by atoms with van der Waals surface area (Å²) in [7, 11) is 0. The van der Waals surface area contributed by atoms with Crippen LogP contribution in [0.4, 0.5) is 0 Å². The Morgan fingerprint density at radius 3 is 1.79 bits per heavy atom. The minimum absolute atomic E-state index is 0.0577. The van der Waals surface area contributed by atoms with Crippen molar-refractivity contribution in [3.63, 3.8) is 0 Å². The van der Waals surface area contributed by atoms with Gasteiger partial charge in [0.1, 0.15) is 54.4 Å². The van der Waals surface area contributed by atoms with Gasteiger partial charge in [0.05, 0.1) is 26.1 Å². The van der Waals surface area contributed by atoms with Crippen LogP contribution >= 0.6 is 11.8 Å². The van der Waals surface area contributed by atoms with Gasteiger partial charge < -0.3 is 86.5 Å². The number of primary amides is 2. The summed E-state index contributed by atoms with van der Waals surface area (Å²) < 4.78 is 0. The molecule has 1 aliphatic rings. The number of nitrogens with one attached hydrogen (secondary N) is 9. The third-order valence-electron chi connectivity index (χ3n) is 12.3. The lowest BCUT2D eigenvalue weighted by Crippen LogP contribution is -2.61. The smallest absolute Gasteiger partial charge is 0.246 e. The number of carbonyl (C=O) groups is 12. The summed E-state index contributed by atoms with van der Waals surface area (Å²) in [4.78, 5) is 163. The van der Waals surface area contributed by atoms with Crippen molar-refractivity contribution in [2.75, 3.05) is 44.8 Å². The molecule has 1 rings (SSSR count). The molecule has 0 aromatic heterocycles. The number of nitrogens with two attached hydrogens (primary N) is 5. The first-order chi connectivity index (χ1) is 36.1. The molecule has 1 heterocycles. The van der Waals surface area contributed by atoms with Gasteiger partial charge in [-0.25, -0.2) is 0 Å². The Labute approximate surface area is 453 Å². The number of aliphatic hydroxyl groups excluding tert-OH is 1. The first-order valence-corrected chi connectivity index (χ1v) is 26.9. The number of hydrogen-bond acceptors (Lipinski definition) is 16. The van der Waals surface area contributed by atoms with Gasteiger partial charge in [-0.15, -0.1) is 0 Å². The zero-order valence-corrected chi connectivity index (χ0v) is 46.2. The zero-order chi connectivity index (χ0) is 58.7. The third kappa shape index (κ3) is 24.4. The molecule has 0 unspecified atom stereocenters. The Bertz CT molecular complexity index is 2100. The van der Waals surface area contributed by atoms with Crippen LogP contribution in [0.2, 0.25) is 0 Å². The van der Waals surface area contributed by atoms with Gasteiger partial charge in [0.25, 0.3) is 0 Å². The van der Waals surface area contributed by atoms with Gasteiger partial charge in [-0.2, -0.15) is 11.8 Å². The molecule has 20 N–H and O–H groups in total. The minimum Gasteiger partial charge on any atom is -0.394 e. The second-order valence-corrected chi connectivity index (χ2v) is 20.5. The maximum Gasteiger partial charge on any atom is 0.246 e. The fourth-order valence-corrected chi connectivity index (χ4v) is 8.28. The van der Waals surface area contributed by atoms with E-state index in [1.807, 2.05) is 0 Å². The van der Waals surface area contributed by atoms with E-state index in [0.717, 1.165) is 0 Å². The first kappa shape index (κ1) is 68.2. The summed E-state index contributed by atoms with van der Waals surface area (Å²) in [5.74, 6) is -10.6. The average molecular weight is 1110 g/mol. The summed E-state index contributed by atoms with van der Waals surface area (Å²) in [6.07, 6.45) is 2.46. The predicted molar refractivity (Wildman–Crippen MR) is 285 cm³/mol. The third-order valence-corrected chi connectivity index (χ3v) is 12.9. The molecule has 10 atom stereocenters. The van der Waals surface area contributed by atoms with Crippen LogP contribution in [0.5, 0.6) is 0 Å². The largest absolute Gasteiger partial charge is 0.394 e. The second kappa shape index (κ2) is 34.8. The Morgan fingerprint density at radius 1 is 0.675 bits per heavy atom. The number of amides is 12. The van der Waals surface area contributed by atoms with Crippen LogP contribution in [0, 0.1) is 17.8 Å². The maximum atomic E-state index is 14.5. The van der Waals surface area contributed by atoms with Crippen LogP contribution in [-0.4, -0.2) is 186 Å². The van der Waals surface area contributed by atoms with Crippen LogP contribution in [0.15, 0.2) is 4.99 Å². The Morgan fingerprint density at radius 2 is 1.26 bits per heavy atom. The standard InChI is InChI=1S/C47H84N16O13S/c1-9-25(6)37(62-43(73)30(18-23(2)3)56-35(67)21-54-40(70)31(22-64)60-39(69)26(7)55-34(66)20-48)46(76)63-16-11-13-32(63)44(74)61-36(24(4)5)45(75)58-28(14-17-77-8)42(72)57-27(12-10-15-53-47(51)52)41(71)59-29(38(50)68)19-33(49)65/h23-32,36-37,64H,9-22,48H2,1-8H3,(H2,49,65)(H2,50,68)(H,54,70)(H,55,66)(H,56,67)(H,57,72)(H,58,75)(H,59,71)(H,60,69)(H,61,74)(H,62,73)(H4,51,52,53)/t25-,26-,27-,28-,29-,30-,31-,32+,36-,37+/m0/s1. The van der Waals surface area contributed by atoms with Crippen molar-refractivity contribution >= 4 is 88.6 Å². The van der Waals surface area contributed by atoms with Crippen molar-refractivity contribution in [3.05, 3.63) is 0 Å². The lowest BCUT2D eigenvalue weighted by Gasteiger charge is -2.33. The van der Waals surface area contributed by atoms with Crippen molar-refractivity contribution in [1.29, 1.82) is 0 Å². The Hall–Kier alpha value is -6.82. The van der Waals surface area contributed by atoms with Crippen molar-refractivity contribution in [2.24, 2.45) is 51.4 Å². The lowest BCUT2D eigenvalue weighted by atomic mass is 9.95. The topological polar surface area (TPSA) is 479 Å².